The summed E-state index contributed by atoms with van der Waals surface area (Å²) in [6.07, 6.45) is -3.70. The zero-order valence-corrected chi connectivity index (χ0v) is 10.5. The van der Waals surface area contributed by atoms with Crippen LogP contribution in [-0.2, 0) is 6.18 Å². The number of carbonyl (C=O) groups is 1. The molecule has 2 aromatic rings. The predicted octanol–water partition coefficient (Wildman–Crippen LogP) is 3.85. The van der Waals surface area contributed by atoms with Crippen molar-refractivity contribution in [3.63, 3.8) is 0 Å². The Morgan fingerprint density at radius 2 is 1.80 bits per heavy atom. The Labute approximate surface area is 116 Å². The molecule has 1 aromatic heterocycles. The minimum atomic E-state index is -4.68. The van der Waals surface area contributed by atoms with Crippen molar-refractivity contribution in [1.82, 2.24) is 4.98 Å². The third-order valence-electron chi connectivity index (χ3n) is 2.56. The molecule has 0 atom stereocenters. The van der Waals surface area contributed by atoms with Crippen molar-refractivity contribution in [3.8, 4) is 17.0 Å². The van der Waals surface area contributed by atoms with Gasteiger partial charge in [0, 0.05) is 11.8 Å². The molecule has 0 bridgehead atoms. The zero-order chi connectivity index (χ0) is 14.9. The van der Waals surface area contributed by atoms with E-state index < -0.39 is 17.0 Å². The van der Waals surface area contributed by atoms with Gasteiger partial charge in [0.05, 0.1) is 16.8 Å². The second-order valence-electron chi connectivity index (χ2n) is 3.94. The van der Waals surface area contributed by atoms with Gasteiger partial charge in [-0.1, -0.05) is 0 Å². The molecule has 3 nitrogen and oxygen atoms in total. The summed E-state index contributed by atoms with van der Waals surface area (Å²) >= 11 is 5.17. The van der Waals surface area contributed by atoms with Crippen molar-refractivity contribution in [3.05, 3.63) is 47.7 Å². The molecule has 0 amide bonds. The Hall–Kier alpha value is -2.08. The fraction of sp³-hybridized carbons (Fsp3) is 0.0769. The van der Waals surface area contributed by atoms with E-state index in [4.69, 9.17) is 16.7 Å². The SMILES string of the molecule is O=C(Cl)c1cnc(-c2ccc(O)cc2)c(C(F)(F)F)c1. The van der Waals surface area contributed by atoms with Crippen LogP contribution in [0.2, 0.25) is 0 Å². The first kappa shape index (κ1) is 14.3. The van der Waals surface area contributed by atoms with Crippen LogP contribution in [0, 0.1) is 0 Å². The number of benzene rings is 1. The predicted molar refractivity (Wildman–Crippen MR) is 66.5 cm³/mol. The second-order valence-corrected chi connectivity index (χ2v) is 4.28. The number of nitrogens with zero attached hydrogens (tertiary/aromatic N) is 1. The van der Waals surface area contributed by atoms with Gasteiger partial charge in [-0.15, -0.1) is 0 Å². The van der Waals surface area contributed by atoms with E-state index in [0.29, 0.717) is 6.07 Å². The van der Waals surface area contributed by atoms with E-state index in [-0.39, 0.29) is 22.6 Å². The maximum atomic E-state index is 13.0. The standard InChI is InChI=1S/C13H7ClF3NO2/c14-12(20)8-5-10(13(15,16)17)11(18-6-8)7-1-3-9(19)4-2-7/h1-6,19H. The van der Waals surface area contributed by atoms with E-state index in [1.165, 1.54) is 24.3 Å². The fourth-order valence-corrected chi connectivity index (χ4v) is 1.74. The third kappa shape index (κ3) is 2.91. The Kier molecular flexibility index (Phi) is 3.67. The van der Waals surface area contributed by atoms with E-state index in [0.717, 1.165) is 6.20 Å². The average molecular weight is 302 g/mol. The number of carbonyl (C=O) groups excluding carboxylic acids is 1. The zero-order valence-electron chi connectivity index (χ0n) is 9.78. The van der Waals surface area contributed by atoms with E-state index in [9.17, 15) is 18.0 Å². The van der Waals surface area contributed by atoms with Crippen LogP contribution in [0.15, 0.2) is 36.5 Å². The lowest BCUT2D eigenvalue weighted by Crippen LogP contribution is -2.10. The van der Waals surface area contributed by atoms with Crippen LogP contribution in [0.1, 0.15) is 15.9 Å². The van der Waals surface area contributed by atoms with Crippen LogP contribution >= 0.6 is 11.6 Å². The van der Waals surface area contributed by atoms with Gasteiger partial charge in [-0.3, -0.25) is 9.78 Å². The summed E-state index contributed by atoms with van der Waals surface area (Å²) in [4.78, 5) is 14.6. The molecule has 7 heteroatoms. The van der Waals surface area contributed by atoms with Crippen molar-refractivity contribution in [2.75, 3.05) is 0 Å². The molecule has 1 aromatic carbocycles. The van der Waals surface area contributed by atoms with Crippen LogP contribution in [-0.4, -0.2) is 15.3 Å². The van der Waals surface area contributed by atoms with Crippen molar-refractivity contribution >= 4 is 16.8 Å². The van der Waals surface area contributed by atoms with Crippen LogP contribution in [0.4, 0.5) is 13.2 Å². The van der Waals surface area contributed by atoms with Crippen molar-refractivity contribution < 1.29 is 23.1 Å². The van der Waals surface area contributed by atoms with Crippen molar-refractivity contribution in [2.45, 2.75) is 6.18 Å². The molecule has 1 heterocycles. The second kappa shape index (κ2) is 5.13. The molecule has 2 rings (SSSR count). The van der Waals surface area contributed by atoms with Gasteiger partial charge in [-0.05, 0) is 41.9 Å². The number of pyridine rings is 1. The number of rotatable bonds is 2. The van der Waals surface area contributed by atoms with Gasteiger partial charge >= 0.3 is 6.18 Å². The summed E-state index contributed by atoms with van der Waals surface area (Å²) in [5.41, 5.74) is -1.56. The van der Waals surface area contributed by atoms with Crippen LogP contribution < -0.4 is 0 Å². The molecule has 0 saturated heterocycles. The molecular weight excluding hydrogens is 295 g/mol. The Balaban J connectivity index is 2.63. The quantitative estimate of drug-likeness (QED) is 0.857. The lowest BCUT2D eigenvalue weighted by Gasteiger charge is -2.13. The summed E-state index contributed by atoms with van der Waals surface area (Å²) in [5.74, 6) is -0.0742. The van der Waals surface area contributed by atoms with Gasteiger partial charge in [-0.2, -0.15) is 13.2 Å². The number of alkyl halides is 3. The highest BCUT2D eigenvalue weighted by Gasteiger charge is 2.35. The first-order valence-corrected chi connectivity index (χ1v) is 5.73. The molecular formula is C13H7ClF3NO2. The molecule has 0 unspecified atom stereocenters. The largest absolute Gasteiger partial charge is 0.508 e. The number of phenolic OH excluding ortho intramolecular Hbond substituents is 1. The van der Waals surface area contributed by atoms with Crippen LogP contribution in [0.5, 0.6) is 5.75 Å². The van der Waals surface area contributed by atoms with E-state index in [2.05, 4.69) is 4.98 Å². The van der Waals surface area contributed by atoms with Gasteiger partial charge in [0.2, 0.25) is 0 Å². The Morgan fingerprint density at radius 3 is 2.30 bits per heavy atom. The highest BCUT2D eigenvalue weighted by molar-refractivity contribution is 6.67. The van der Waals surface area contributed by atoms with Gasteiger partial charge in [-0.25, -0.2) is 0 Å². The molecule has 1 N–H and O–H groups in total. The fourth-order valence-electron chi connectivity index (χ4n) is 1.64. The first-order chi connectivity index (χ1) is 9.29. The summed E-state index contributed by atoms with van der Waals surface area (Å²) in [7, 11) is 0. The monoisotopic (exact) mass is 301 g/mol. The molecule has 104 valence electrons. The molecule has 0 aliphatic rings. The highest BCUT2D eigenvalue weighted by Crippen LogP contribution is 2.36. The smallest absolute Gasteiger partial charge is 0.418 e. The summed E-state index contributed by atoms with van der Waals surface area (Å²) in [6.45, 7) is 0. The van der Waals surface area contributed by atoms with E-state index >= 15 is 0 Å². The number of phenols is 1. The molecule has 0 aliphatic heterocycles. The number of aromatic nitrogens is 1. The van der Waals surface area contributed by atoms with Gasteiger partial charge in [0.25, 0.3) is 5.24 Å². The average Bonchev–Trinajstić information content (AvgIpc) is 2.38. The molecule has 0 aliphatic carbocycles. The Morgan fingerprint density at radius 1 is 1.20 bits per heavy atom. The normalized spacial score (nSPS) is 11.4. The number of aromatic hydroxyl groups is 1. The molecule has 0 radical (unpaired) electrons. The lowest BCUT2D eigenvalue weighted by molar-refractivity contribution is -0.137. The minimum Gasteiger partial charge on any atom is -0.508 e. The van der Waals surface area contributed by atoms with Gasteiger partial charge < -0.3 is 5.11 Å². The maximum Gasteiger partial charge on any atom is 0.418 e. The number of hydrogen-bond donors (Lipinski definition) is 1. The van der Waals surface area contributed by atoms with E-state index in [1.807, 2.05) is 0 Å². The summed E-state index contributed by atoms with van der Waals surface area (Å²) < 4.78 is 39.0. The molecule has 20 heavy (non-hydrogen) atoms. The number of halogens is 4. The van der Waals surface area contributed by atoms with Crippen molar-refractivity contribution in [2.24, 2.45) is 0 Å². The molecule has 0 fully saturated rings. The topological polar surface area (TPSA) is 50.2 Å². The molecule has 0 spiro atoms. The number of hydrogen-bond acceptors (Lipinski definition) is 3. The van der Waals surface area contributed by atoms with Gasteiger partial charge in [0.15, 0.2) is 0 Å². The lowest BCUT2D eigenvalue weighted by atomic mass is 10.0. The minimum absolute atomic E-state index is 0.0742. The summed E-state index contributed by atoms with van der Waals surface area (Å²) in [6, 6.07) is 5.75. The molecule has 0 saturated carbocycles. The highest BCUT2D eigenvalue weighted by atomic mass is 35.5. The van der Waals surface area contributed by atoms with Crippen LogP contribution in [0.3, 0.4) is 0 Å². The maximum absolute atomic E-state index is 13.0. The third-order valence-corrected chi connectivity index (χ3v) is 2.78. The Bertz CT molecular complexity index is 654. The van der Waals surface area contributed by atoms with E-state index in [1.54, 1.807) is 0 Å². The van der Waals surface area contributed by atoms with Crippen molar-refractivity contribution in [1.29, 1.82) is 0 Å². The van der Waals surface area contributed by atoms with Crippen LogP contribution in [0.25, 0.3) is 11.3 Å². The van der Waals surface area contributed by atoms with Gasteiger partial charge in [0.1, 0.15) is 5.75 Å². The summed E-state index contributed by atoms with van der Waals surface area (Å²) in [5, 5.41) is 8.13. The first-order valence-electron chi connectivity index (χ1n) is 5.35.